The summed E-state index contributed by atoms with van der Waals surface area (Å²) in [5.74, 6) is 0.661. The van der Waals surface area contributed by atoms with Crippen molar-refractivity contribution in [2.45, 2.75) is 0 Å². The molecule has 0 aliphatic carbocycles. The number of benzene rings is 10. The molecule has 10 aromatic carbocycles. The predicted octanol–water partition coefficient (Wildman–Crippen LogP) is 18.1. The summed E-state index contributed by atoms with van der Waals surface area (Å²) in [6, 6.07) is 83.5. The molecule has 0 atom stereocenters. The lowest BCUT2D eigenvalue weighted by Crippen LogP contribution is -2.04. The van der Waals surface area contributed by atoms with Gasteiger partial charge in [-0.3, -0.25) is 0 Å². The minimum atomic E-state index is 0.661. The molecule has 5 heterocycles. The Morgan fingerprint density at radius 2 is 0.757 bits per heavy atom. The lowest BCUT2D eigenvalue weighted by atomic mass is 9.94. The molecule has 15 rings (SSSR count). The van der Waals surface area contributed by atoms with Gasteiger partial charge in [-0.05, 0) is 54.6 Å². The average molecular weight is 927 g/mol. The summed E-state index contributed by atoms with van der Waals surface area (Å²) in [5, 5.41) is 10.2. The van der Waals surface area contributed by atoms with Crippen LogP contribution in [0.1, 0.15) is 0 Å². The molecule has 4 nitrogen and oxygen atoms in total. The lowest BCUT2D eigenvalue weighted by Gasteiger charge is -2.21. The van der Waals surface area contributed by atoms with E-state index in [9.17, 15) is 0 Å². The Morgan fingerprint density at radius 3 is 1.33 bits per heavy atom. The molecule has 0 saturated heterocycles. The predicted molar refractivity (Wildman–Crippen MR) is 298 cm³/mol. The smallest absolute Gasteiger partial charge is 0.161 e. The van der Waals surface area contributed by atoms with Gasteiger partial charge in [0, 0.05) is 89.7 Å². The van der Waals surface area contributed by atoms with Crippen molar-refractivity contribution in [1.82, 2.24) is 19.1 Å². The summed E-state index contributed by atoms with van der Waals surface area (Å²) in [5.41, 5.74) is 13.7. The van der Waals surface area contributed by atoms with Crippen LogP contribution in [-0.4, -0.2) is 19.1 Å². The van der Waals surface area contributed by atoms with Gasteiger partial charge in [-0.25, -0.2) is 9.97 Å². The van der Waals surface area contributed by atoms with E-state index >= 15 is 0 Å². The van der Waals surface area contributed by atoms with E-state index in [0.29, 0.717) is 5.82 Å². The number of rotatable bonds is 6. The zero-order valence-electron chi connectivity index (χ0n) is 37.5. The van der Waals surface area contributed by atoms with Crippen LogP contribution in [0.4, 0.5) is 0 Å². The van der Waals surface area contributed by atoms with Crippen LogP contribution in [0, 0.1) is 0 Å². The van der Waals surface area contributed by atoms with Crippen LogP contribution in [0.25, 0.3) is 140 Å². The van der Waals surface area contributed by atoms with Crippen molar-refractivity contribution in [2.75, 3.05) is 0 Å². The van der Waals surface area contributed by atoms with Gasteiger partial charge in [0.05, 0.1) is 44.8 Å². The van der Waals surface area contributed by atoms with E-state index in [1.807, 2.05) is 22.7 Å². The SMILES string of the molecule is c1ccc(-c2cc(-c3ccccc3)nc(-c3cccc(-n4c5ccccc5c5c6sc7ccccc7c6ccc54)c3-c3ccccc3-n3c4ccccc4c4c5sc6ccccc6c5ccc43)n2)cc1. The van der Waals surface area contributed by atoms with Gasteiger partial charge in [-0.1, -0.05) is 176 Å². The molecule has 6 heteroatoms. The first-order chi connectivity index (χ1) is 34.7. The van der Waals surface area contributed by atoms with Gasteiger partial charge in [-0.2, -0.15) is 0 Å². The maximum Gasteiger partial charge on any atom is 0.161 e. The fraction of sp³-hybridized carbons (Fsp3) is 0. The third kappa shape index (κ3) is 5.81. The zero-order valence-corrected chi connectivity index (χ0v) is 39.2. The molecule has 0 spiro atoms. The largest absolute Gasteiger partial charge is 0.309 e. The van der Waals surface area contributed by atoms with Crippen LogP contribution < -0.4 is 0 Å². The van der Waals surface area contributed by atoms with Crippen molar-refractivity contribution in [3.05, 3.63) is 231 Å². The van der Waals surface area contributed by atoms with Crippen molar-refractivity contribution in [3.8, 4) is 56.4 Å². The van der Waals surface area contributed by atoms with Gasteiger partial charge in [0.1, 0.15) is 0 Å². The van der Waals surface area contributed by atoms with Gasteiger partial charge < -0.3 is 9.13 Å². The van der Waals surface area contributed by atoms with Crippen molar-refractivity contribution in [3.63, 3.8) is 0 Å². The molecular formula is C64H38N4S2. The molecule has 0 N–H and O–H groups in total. The van der Waals surface area contributed by atoms with Crippen LogP contribution in [0.3, 0.4) is 0 Å². The summed E-state index contributed by atoms with van der Waals surface area (Å²) >= 11 is 3.77. The Kier molecular flexibility index (Phi) is 8.66. The topological polar surface area (TPSA) is 35.6 Å². The van der Waals surface area contributed by atoms with E-state index in [1.54, 1.807) is 0 Å². The van der Waals surface area contributed by atoms with Crippen molar-refractivity contribution >= 4 is 107 Å². The number of para-hydroxylation sites is 3. The first kappa shape index (κ1) is 39.3. The number of hydrogen-bond acceptors (Lipinski definition) is 4. The summed E-state index contributed by atoms with van der Waals surface area (Å²) in [7, 11) is 0. The molecule has 0 fully saturated rings. The highest BCUT2D eigenvalue weighted by Crippen LogP contribution is 2.49. The van der Waals surface area contributed by atoms with Gasteiger partial charge in [0.25, 0.3) is 0 Å². The Balaban J connectivity index is 1.08. The van der Waals surface area contributed by atoms with Crippen LogP contribution in [0.2, 0.25) is 0 Å². The Hall–Kier alpha value is -8.68. The number of nitrogens with zero attached hydrogens (tertiary/aromatic N) is 4. The molecular weight excluding hydrogens is 889 g/mol. The molecule has 15 aromatic rings. The minimum Gasteiger partial charge on any atom is -0.309 e. The van der Waals surface area contributed by atoms with E-state index in [4.69, 9.17) is 9.97 Å². The highest BCUT2D eigenvalue weighted by Gasteiger charge is 2.26. The number of aromatic nitrogens is 4. The van der Waals surface area contributed by atoms with Crippen LogP contribution in [-0.2, 0) is 0 Å². The fourth-order valence-electron chi connectivity index (χ4n) is 11.1. The molecule has 0 radical (unpaired) electrons. The standard InChI is InChI=1S/C64H38N4S2/c1-3-18-39(19-4-1)49-38-50(40-20-5-2-6-21-40)66-64(65-49)48-27-17-31-54(68-53-30-14-9-26-47(53)61-56(68)37-35-44-42-23-11-16-33-58(42)70-63(44)61)59(48)45-24-7-12-28-51(45)67-52-29-13-8-25-46(52)60-55(67)36-34-43-41-22-10-15-32-57(41)69-62(43)60/h1-38H. The maximum absolute atomic E-state index is 5.52. The summed E-state index contributed by atoms with van der Waals surface area (Å²) in [6.07, 6.45) is 0. The number of thiophene rings is 2. The summed E-state index contributed by atoms with van der Waals surface area (Å²) < 4.78 is 10.2. The number of hydrogen-bond donors (Lipinski definition) is 0. The first-order valence-electron chi connectivity index (χ1n) is 23.7. The van der Waals surface area contributed by atoms with Gasteiger partial charge >= 0.3 is 0 Å². The highest BCUT2D eigenvalue weighted by molar-refractivity contribution is 7.27. The van der Waals surface area contributed by atoms with Crippen molar-refractivity contribution < 1.29 is 0 Å². The monoisotopic (exact) mass is 926 g/mol. The van der Waals surface area contributed by atoms with E-state index in [0.717, 1.165) is 67.1 Å². The molecule has 5 aromatic heterocycles. The van der Waals surface area contributed by atoms with Crippen LogP contribution >= 0.6 is 22.7 Å². The lowest BCUT2D eigenvalue weighted by molar-refractivity contribution is 1.15. The number of fused-ring (bicyclic) bond motifs is 14. The highest BCUT2D eigenvalue weighted by atomic mass is 32.1. The van der Waals surface area contributed by atoms with E-state index in [1.165, 1.54) is 67.4 Å². The third-order valence-electron chi connectivity index (χ3n) is 14.2. The maximum atomic E-state index is 5.52. The van der Waals surface area contributed by atoms with Crippen LogP contribution in [0.5, 0.6) is 0 Å². The van der Waals surface area contributed by atoms with Crippen molar-refractivity contribution in [2.24, 2.45) is 0 Å². The van der Waals surface area contributed by atoms with Crippen molar-refractivity contribution in [1.29, 1.82) is 0 Å². The zero-order chi connectivity index (χ0) is 45.9. The molecule has 0 aliphatic rings. The fourth-order valence-corrected chi connectivity index (χ4v) is 13.7. The molecule has 0 unspecified atom stereocenters. The van der Waals surface area contributed by atoms with Gasteiger partial charge in [0.2, 0.25) is 0 Å². The second kappa shape index (κ2) is 15.4. The summed E-state index contributed by atoms with van der Waals surface area (Å²) in [4.78, 5) is 11.0. The Labute approximate surface area is 410 Å². The van der Waals surface area contributed by atoms with Crippen LogP contribution in [0.15, 0.2) is 231 Å². The van der Waals surface area contributed by atoms with Gasteiger partial charge in [0.15, 0.2) is 5.82 Å². The normalized spacial score (nSPS) is 12.0. The molecule has 0 amide bonds. The third-order valence-corrected chi connectivity index (χ3v) is 16.6. The molecule has 0 aliphatic heterocycles. The summed E-state index contributed by atoms with van der Waals surface area (Å²) in [6.45, 7) is 0. The van der Waals surface area contributed by atoms with E-state index in [-0.39, 0.29) is 0 Å². The quantitative estimate of drug-likeness (QED) is 0.167. The second-order valence-corrected chi connectivity index (χ2v) is 20.1. The average Bonchev–Trinajstić information content (AvgIpc) is 4.19. The molecule has 0 saturated carbocycles. The molecule has 70 heavy (non-hydrogen) atoms. The molecule has 326 valence electrons. The van der Waals surface area contributed by atoms with E-state index < -0.39 is 0 Å². The Bertz CT molecular complexity index is 4540. The Morgan fingerprint density at radius 1 is 0.314 bits per heavy atom. The van der Waals surface area contributed by atoms with E-state index in [2.05, 4.69) is 240 Å². The minimum absolute atomic E-state index is 0.661. The molecule has 0 bridgehead atoms. The van der Waals surface area contributed by atoms with Gasteiger partial charge in [-0.15, -0.1) is 22.7 Å². The second-order valence-electron chi connectivity index (χ2n) is 18.0. The first-order valence-corrected chi connectivity index (χ1v) is 25.3.